The van der Waals surface area contributed by atoms with E-state index in [9.17, 15) is 19.2 Å². The third kappa shape index (κ3) is 14.0. The minimum atomic E-state index is -0.368. The number of allylic oxidation sites excluding steroid dienone is 2. The highest BCUT2D eigenvalue weighted by molar-refractivity contribution is 6.00. The van der Waals surface area contributed by atoms with Crippen LogP contribution in [0.4, 0.5) is 4.79 Å². The van der Waals surface area contributed by atoms with Crippen molar-refractivity contribution in [3.8, 4) is 0 Å². The number of imide groups is 1. The van der Waals surface area contributed by atoms with Gasteiger partial charge in [0, 0.05) is 35.2 Å². The summed E-state index contributed by atoms with van der Waals surface area (Å²) in [5, 5.41) is 6.48. The molecule has 0 aliphatic carbocycles. The van der Waals surface area contributed by atoms with E-state index in [4.69, 9.17) is 4.84 Å². The van der Waals surface area contributed by atoms with Gasteiger partial charge < -0.3 is 10.6 Å². The number of rotatable bonds is 19. The molecule has 1 rings (SSSR count). The van der Waals surface area contributed by atoms with Crippen molar-refractivity contribution in [2.45, 2.75) is 96.8 Å². The molecule has 1 aliphatic rings. The molecule has 0 aromatic rings. The highest BCUT2D eigenvalue weighted by atomic mass is 16.7. The zero-order chi connectivity index (χ0) is 23.4. The number of hydrogen-bond acceptors (Lipinski definition) is 5. The number of amides is 4. The van der Waals surface area contributed by atoms with Crippen LogP contribution in [0.5, 0.6) is 0 Å². The lowest BCUT2D eigenvalue weighted by atomic mass is 10.1. The molecule has 1 aliphatic heterocycles. The smallest absolute Gasteiger partial charge is 0.314 e. The molecule has 8 heteroatoms. The fourth-order valence-corrected chi connectivity index (χ4v) is 3.31. The van der Waals surface area contributed by atoms with Crippen molar-refractivity contribution in [3.05, 3.63) is 12.2 Å². The van der Waals surface area contributed by atoms with Crippen molar-refractivity contribution >= 4 is 23.6 Å². The van der Waals surface area contributed by atoms with Gasteiger partial charge in [-0.15, -0.1) is 0 Å². The number of hydrogen-bond donors (Lipinski definition) is 2. The molecule has 0 saturated carbocycles. The summed E-state index contributed by atoms with van der Waals surface area (Å²) in [5.41, 5.74) is 0. The first-order valence-corrected chi connectivity index (χ1v) is 12.2. The molecule has 8 nitrogen and oxygen atoms in total. The number of Topliss-reactive ketones (excluding diaryl/α,β-unsaturated/α-hetero) is 1. The first-order valence-electron chi connectivity index (χ1n) is 12.2. The molecular formula is C24H45N3O5. The summed E-state index contributed by atoms with van der Waals surface area (Å²) in [6.07, 6.45) is 16.5. The molecule has 1 saturated heterocycles. The molecule has 0 bridgehead atoms. The number of urea groups is 1. The Morgan fingerprint density at radius 2 is 1.44 bits per heavy atom. The van der Waals surface area contributed by atoms with E-state index in [1.165, 1.54) is 0 Å². The largest absolute Gasteiger partial charge is 0.338 e. The Bertz CT molecular complexity index is 601. The first-order chi connectivity index (χ1) is 15.5. The van der Waals surface area contributed by atoms with Gasteiger partial charge in [0.25, 0.3) is 11.8 Å². The molecule has 0 radical (unpaired) electrons. The molecule has 32 heavy (non-hydrogen) atoms. The van der Waals surface area contributed by atoms with Crippen LogP contribution in [-0.2, 0) is 19.2 Å². The molecule has 186 valence electrons. The Morgan fingerprint density at radius 1 is 0.875 bits per heavy atom. The van der Waals surface area contributed by atoms with Crippen LogP contribution in [0.2, 0.25) is 0 Å². The van der Waals surface area contributed by atoms with E-state index >= 15 is 0 Å². The van der Waals surface area contributed by atoms with Crippen molar-refractivity contribution in [2.24, 2.45) is 0 Å². The number of nitrogens with zero attached hydrogens (tertiary/aromatic N) is 1. The third-order valence-corrected chi connectivity index (χ3v) is 5.25. The van der Waals surface area contributed by atoms with E-state index < -0.39 is 0 Å². The molecule has 0 aromatic carbocycles. The summed E-state index contributed by atoms with van der Waals surface area (Å²) in [4.78, 5) is 51.2. The quantitative estimate of drug-likeness (QED) is 0.167. The van der Waals surface area contributed by atoms with Crippen LogP contribution in [0.25, 0.3) is 0 Å². The zero-order valence-electron chi connectivity index (χ0n) is 19.7. The fraction of sp³-hybridized carbons (Fsp3) is 0.750. The maximum Gasteiger partial charge on any atom is 0.314 e. The number of carbonyl (C=O) groups is 4. The highest BCUT2D eigenvalue weighted by Crippen LogP contribution is 2.12. The SMILES string of the molecule is CCCCCNC(=O)NCCCC/C=C\CCCCCCC(=O)CON1C(=O)CCC1=O.[HH].[HH]. The molecule has 4 amide bonds. The summed E-state index contributed by atoms with van der Waals surface area (Å²) in [5.74, 6) is -0.818. The Morgan fingerprint density at radius 3 is 2.06 bits per heavy atom. The van der Waals surface area contributed by atoms with E-state index in [2.05, 4.69) is 29.7 Å². The Kier molecular flexibility index (Phi) is 16.0. The third-order valence-electron chi connectivity index (χ3n) is 5.25. The summed E-state index contributed by atoms with van der Waals surface area (Å²) < 4.78 is 0. The number of unbranched alkanes of at least 4 members (excludes halogenated alkanes) is 8. The Hall–Kier alpha value is -2.22. The number of hydroxylamine groups is 2. The van der Waals surface area contributed by atoms with E-state index in [1.54, 1.807) is 0 Å². The number of nitrogens with one attached hydrogen (secondary N) is 2. The van der Waals surface area contributed by atoms with E-state index in [-0.39, 0.29) is 45.9 Å². The van der Waals surface area contributed by atoms with Crippen molar-refractivity contribution in [2.75, 3.05) is 19.7 Å². The van der Waals surface area contributed by atoms with Crippen LogP contribution in [-0.4, -0.2) is 48.4 Å². The van der Waals surface area contributed by atoms with Crippen molar-refractivity contribution in [3.63, 3.8) is 0 Å². The van der Waals surface area contributed by atoms with Crippen LogP contribution >= 0.6 is 0 Å². The lowest BCUT2D eigenvalue weighted by Crippen LogP contribution is -2.36. The summed E-state index contributed by atoms with van der Waals surface area (Å²) in [6, 6.07) is -0.0670. The second-order valence-electron chi connectivity index (χ2n) is 8.20. The second-order valence-corrected chi connectivity index (χ2v) is 8.20. The molecule has 0 unspecified atom stereocenters. The second kappa shape index (κ2) is 18.4. The van der Waals surface area contributed by atoms with Gasteiger partial charge in [0.2, 0.25) is 0 Å². The van der Waals surface area contributed by atoms with Crippen LogP contribution in [0, 0.1) is 0 Å². The van der Waals surface area contributed by atoms with Gasteiger partial charge in [0.1, 0.15) is 6.61 Å². The van der Waals surface area contributed by atoms with Crippen molar-refractivity contribution < 1.29 is 26.9 Å². The average Bonchev–Trinajstić information content (AvgIpc) is 3.10. The highest BCUT2D eigenvalue weighted by Gasteiger charge is 2.30. The van der Waals surface area contributed by atoms with Gasteiger partial charge in [-0.1, -0.05) is 44.8 Å². The summed E-state index contributed by atoms with van der Waals surface area (Å²) >= 11 is 0. The standard InChI is InChI=1S/C24H41N3O5.2H2/c1-2-3-13-18-25-24(31)26-19-14-11-9-7-5-4-6-8-10-12-15-21(28)20-32-27-22(29)16-17-23(27)30;;/h5,7H,2-4,6,8-20H2,1H3,(H2,25,26,31);2*1H/b7-5-;;. The van der Waals surface area contributed by atoms with Gasteiger partial charge in [-0.05, 0) is 44.9 Å². The molecule has 0 spiro atoms. The van der Waals surface area contributed by atoms with E-state index in [1.807, 2.05) is 0 Å². The predicted octanol–water partition coefficient (Wildman–Crippen LogP) is 4.68. The lowest BCUT2D eigenvalue weighted by Gasteiger charge is -2.12. The van der Waals surface area contributed by atoms with Crippen molar-refractivity contribution in [1.29, 1.82) is 0 Å². The predicted molar refractivity (Wildman–Crippen MR) is 128 cm³/mol. The molecule has 0 atom stereocenters. The number of ketones is 1. The van der Waals surface area contributed by atoms with Crippen LogP contribution in [0.15, 0.2) is 12.2 Å². The van der Waals surface area contributed by atoms with Gasteiger partial charge >= 0.3 is 6.03 Å². The summed E-state index contributed by atoms with van der Waals surface area (Å²) in [6.45, 7) is 3.39. The van der Waals surface area contributed by atoms with Gasteiger partial charge in [-0.3, -0.25) is 19.2 Å². The van der Waals surface area contributed by atoms with Crippen LogP contribution in [0.1, 0.15) is 99.7 Å². The molecule has 0 aromatic heterocycles. The first kappa shape index (κ1) is 27.8. The van der Waals surface area contributed by atoms with Gasteiger partial charge in [-0.25, -0.2) is 4.79 Å². The van der Waals surface area contributed by atoms with E-state index in [0.717, 1.165) is 82.2 Å². The van der Waals surface area contributed by atoms with Crippen molar-refractivity contribution in [1.82, 2.24) is 15.7 Å². The Balaban J connectivity index is 0. The molecular weight excluding hydrogens is 410 g/mol. The monoisotopic (exact) mass is 455 g/mol. The topological polar surface area (TPSA) is 105 Å². The zero-order valence-corrected chi connectivity index (χ0v) is 19.7. The van der Waals surface area contributed by atoms with Crippen LogP contribution in [0.3, 0.4) is 0 Å². The van der Waals surface area contributed by atoms with Gasteiger partial charge in [0.15, 0.2) is 5.78 Å². The molecule has 1 heterocycles. The summed E-state index contributed by atoms with van der Waals surface area (Å²) in [7, 11) is 0. The lowest BCUT2D eigenvalue weighted by molar-refractivity contribution is -0.188. The van der Waals surface area contributed by atoms with Gasteiger partial charge in [0.05, 0.1) is 0 Å². The van der Waals surface area contributed by atoms with E-state index in [0.29, 0.717) is 13.0 Å². The molecule has 1 fully saturated rings. The molecule has 2 N–H and O–H groups in total. The number of carbonyl (C=O) groups excluding carboxylic acids is 4. The Labute approximate surface area is 195 Å². The van der Waals surface area contributed by atoms with Gasteiger partial charge in [-0.2, -0.15) is 5.06 Å². The maximum atomic E-state index is 11.8. The normalized spacial score (nSPS) is 13.8. The minimum absolute atomic E-state index is 0. The average molecular weight is 456 g/mol. The minimum Gasteiger partial charge on any atom is -0.338 e. The fourth-order valence-electron chi connectivity index (χ4n) is 3.31. The van der Waals surface area contributed by atoms with Crippen LogP contribution < -0.4 is 10.6 Å². The maximum absolute atomic E-state index is 11.8.